The Morgan fingerprint density at radius 1 is 0.632 bits per heavy atom. The van der Waals surface area contributed by atoms with Crippen LogP contribution in [-0.4, -0.2) is 17.3 Å². The molecule has 0 atom stereocenters. The van der Waals surface area contributed by atoms with E-state index in [4.69, 9.17) is 5.73 Å². The lowest BCUT2D eigenvalue weighted by Gasteiger charge is -2.49. The molecule has 2 saturated carbocycles. The van der Waals surface area contributed by atoms with Crippen LogP contribution in [-0.2, 0) is 0 Å². The smallest absolute Gasteiger partial charge is 0.0715 e. The summed E-state index contributed by atoms with van der Waals surface area (Å²) in [7, 11) is 0. The fourth-order valence-electron chi connectivity index (χ4n) is 4.46. The maximum Gasteiger partial charge on any atom is 0.0715 e. The van der Waals surface area contributed by atoms with Gasteiger partial charge in [-0.15, -0.1) is 0 Å². The molecule has 2 heteroatoms. The Labute approximate surface area is 119 Å². The van der Waals surface area contributed by atoms with Gasteiger partial charge in [0, 0.05) is 12.0 Å². The summed E-state index contributed by atoms with van der Waals surface area (Å²) in [5.41, 5.74) is 5.75. The van der Waals surface area contributed by atoms with E-state index in [0.29, 0.717) is 6.54 Å². The van der Waals surface area contributed by atoms with E-state index in [9.17, 15) is 5.11 Å². The van der Waals surface area contributed by atoms with Gasteiger partial charge in [-0.1, -0.05) is 64.2 Å². The van der Waals surface area contributed by atoms with E-state index in [0.717, 1.165) is 25.7 Å². The van der Waals surface area contributed by atoms with Gasteiger partial charge in [0.15, 0.2) is 0 Å². The highest BCUT2D eigenvalue weighted by Gasteiger charge is 2.47. The van der Waals surface area contributed by atoms with Gasteiger partial charge in [-0.2, -0.15) is 0 Å². The molecule has 2 aliphatic carbocycles. The molecule has 0 aromatic rings. The van der Waals surface area contributed by atoms with Crippen LogP contribution in [0, 0.1) is 5.41 Å². The molecule has 2 aliphatic rings. The first kappa shape index (κ1) is 15.3. The van der Waals surface area contributed by atoms with Crippen LogP contribution in [0.4, 0.5) is 0 Å². The Bertz CT molecular complexity index is 248. The monoisotopic (exact) mass is 267 g/mol. The lowest BCUT2D eigenvalue weighted by atomic mass is 9.61. The first-order valence-electron chi connectivity index (χ1n) is 8.65. The van der Waals surface area contributed by atoms with Gasteiger partial charge in [-0.25, -0.2) is 0 Å². The highest BCUT2D eigenvalue weighted by Crippen LogP contribution is 2.48. The molecule has 0 amide bonds. The van der Waals surface area contributed by atoms with Gasteiger partial charge in [0.05, 0.1) is 5.60 Å². The molecule has 0 bridgehead atoms. The minimum absolute atomic E-state index is 0.0186. The van der Waals surface area contributed by atoms with Crippen LogP contribution in [0.1, 0.15) is 89.9 Å². The van der Waals surface area contributed by atoms with Gasteiger partial charge >= 0.3 is 0 Å². The molecule has 0 aromatic heterocycles. The second-order valence-electron chi connectivity index (χ2n) is 7.05. The molecule has 3 N–H and O–H groups in total. The molecule has 0 unspecified atom stereocenters. The summed E-state index contributed by atoms with van der Waals surface area (Å²) in [5.74, 6) is 0. The highest BCUT2D eigenvalue weighted by atomic mass is 16.3. The minimum atomic E-state index is -0.473. The predicted molar refractivity (Wildman–Crippen MR) is 81.1 cm³/mol. The number of nitrogens with two attached hydrogens (primary N) is 1. The molecule has 2 rings (SSSR count). The topological polar surface area (TPSA) is 46.2 Å². The van der Waals surface area contributed by atoms with Crippen molar-refractivity contribution in [2.45, 2.75) is 95.5 Å². The molecular formula is C17H33NO. The van der Waals surface area contributed by atoms with Crippen LogP contribution in [0.15, 0.2) is 0 Å². The van der Waals surface area contributed by atoms with E-state index in [1.807, 2.05) is 0 Å². The summed E-state index contributed by atoms with van der Waals surface area (Å²) in [4.78, 5) is 0. The van der Waals surface area contributed by atoms with E-state index in [2.05, 4.69) is 0 Å². The molecule has 0 spiro atoms. The second-order valence-corrected chi connectivity index (χ2v) is 7.05. The Morgan fingerprint density at radius 3 is 1.42 bits per heavy atom. The molecule has 0 saturated heterocycles. The Hall–Kier alpha value is -0.0800. The highest BCUT2D eigenvalue weighted by molar-refractivity contribution is 5.00. The summed E-state index contributed by atoms with van der Waals surface area (Å²) in [6.45, 7) is 0.684. The van der Waals surface area contributed by atoms with Crippen LogP contribution < -0.4 is 5.73 Å². The summed E-state index contributed by atoms with van der Waals surface area (Å²) in [6, 6.07) is 0. The van der Waals surface area contributed by atoms with Crippen molar-refractivity contribution in [2.24, 2.45) is 11.1 Å². The third-order valence-corrected chi connectivity index (χ3v) is 5.87. The summed E-state index contributed by atoms with van der Waals surface area (Å²) < 4.78 is 0. The minimum Gasteiger partial charge on any atom is -0.389 e. The molecule has 0 heterocycles. The molecule has 112 valence electrons. The van der Waals surface area contributed by atoms with Crippen molar-refractivity contribution in [1.29, 1.82) is 0 Å². The van der Waals surface area contributed by atoms with E-state index in [1.165, 1.54) is 64.2 Å². The molecular weight excluding hydrogens is 234 g/mol. The first-order valence-corrected chi connectivity index (χ1v) is 8.65. The average Bonchev–Trinajstić information content (AvgIpc) is 2.35. The molecule has 0 aromatic carbocycles. The zero-order chi connectivity index (χ0) is 13.6. The van der Waals surface area contributed by atoms with Gasteiger partial charge in [-0.05, 0) is 25.7 Å². The lowest BCUT2D eigenvalue weighted by molar-refractivity contribution is -0.110. The standard InChI is InChI=1S/C17H33NO/c18-15-16(11-7-3-1-4-8-12-16)17(19)13-9-5-2-6-10-14-17/h19H,1-15,18H2. The van der Waals surface area contributed by atoms with Crippen LogP contribution in [0.3, 0.4) is 0 Å². The Morgan fingerprint density at radius 2 is 1.00 bits per heavy atom. The SMILES string of the molecule is NCC1(C2(O)CCCCCCC2)CCCCCCC1. The molecule has 0 aliphatic heterocycles. The normalized spacial score (nSPS) is 28.7. The fraction of sp³-hybridized carbons (Fsp3) is 1.00. The fourth-order valence-corrected chi connectivity index (χ4v) is 4.46. The zero-order valence-electron chi connectivity index (χ0n) is 12.6. The van der Waals surface area contributed by atoms with Crippen molar-refractivity contribution in [1.82, 2.24) is 0 Å². The molecule has 19 heavy (non-hydrogen) atoms. The quantitative estimate of drug-likeness (QED) is 0.789. The summed E-state index contributed by atoms with van der Waals surface area (Å²) >= 11 is 0. The second kappa shape index (κ2) is 7.08. The molecule has 0 radical (unpaired) electrons. The lowest BCUT2D eigenvalue weighted by Crippen LogP contribution is -2.53. The van der Waals surface area contributed by atoms with Crippen molar-refractivity contribution in [3.8, 4) is 0 Å². The number of rotatable bonds is 2. The van der Waals surface area contributed by atoms with Crippen molar-refractivity contribution in [2.75, 3.05) is 6.54 Å². The number of aliphatic hydroxyl groups is 1. The zero-order valence-corrected chi connectivity index (χ0v) is 12.6. The van der Waals surface area contributed by atoms with Crippen molar-refractivity contribution in [3.63, 3.8) is 0 Å². The first-order chi connectivity index (χ1) is 9.22. The van der Waals surface area contributed by atoms with E-state index in [1.54, 1.807) is 0 Å². The van der Waals surface area contributed by atoms with Gasteiger partial charge in [0.1, 0.15) is 0 Å². The largest absolute Gasteiger partial charge is 0.389 e. The van der Waals surface area contributed by atoms with Gasteiger partial charge in [-0.3, -0.25) is 0 Å². The Kier molecular flexibility index (Phi) is 5.70. The van der Waals surface area contributed by atoms with Crippen LogP contribution >= 0.6 is 0 Å². The van der Waals surface area contributed by atoms with Crippen molar-refractivity contribution in [3.05, 3.63) is 0 Å². The average molecular weight is 267 g/mol. The molecule has 2 fully saturated rings. The van der Waals surface area contributed by atoms with Gasteiger partial charge in [0.2, 0.25) is 0 Å². The van der Waals surface area contributed by atoms with Crippen LogP contribution in [0.5, 0.6) is 0 Å². The third kappa shape index (κ3) is 3.52. The van der Waals surface area contributed by atoms with Gasteiger partial charge < -0.3 is 10.8 Å². The Balaban J connectivity index is 2.14. The van der Waals surface area contributed by atoms with E-state index in [-0.39, 0.29) is 5.41 Å². The van der Waals surface area contributed by atoms with Crippen molar-refractivity contribution >= 4 is 0 Å². The maximum atomic E-state index is 11.4. The van der Waals surface area contributed by atoms with Gasteiger partial charge in [0.25, 0.3) is 0 Å². The van der Waals surface area contributed by atoms with E-state index >= 15 is 0 Å². The van der Waals surface area contributed by atoms with Crippen LogP contribution in [0.25, 0.3) is 0 Å². The van der Waals surface area contributed by atoms with Crippen molar-refractivity contribution < 1.29 is 5.11 Å². The van der Waals surface area contributed by atoms with Crippen LogP contribution in [0.2, 0.25) is 0 Å². The predicted octanol–water partition coefficient (Wildman–Crippen LogP) is 4.15. The summed E-state index contributed by atoms with van der Waals surface area (Å²) in [6.07, 6.45) is 17.2. The third-order valence-electron chi connectivity index (χ3n) is 5.87. The summed E-state index contributed by atoms with van der Waals surface area (Å²) in [5, 5.41) is 11.4. The molecule has 2 nitrogen and oxygen atoms in total. The number of hydrogen-bond donors (Lipinski definition) is 2. The number of hydrogen-bond acceptors (Lipinski definition) is 2. The van der Waals surface area contributed by atoms with E-state index < -0.39 is 5.60 Å². The maximum absolute atomic E-state index is 11.4.